The van der Waals surface area contributed by atoms with Crippen LogP contribution in [0.25, 0.3) is 0 Å². The lowest BCUT2D eigenvalue weighted by atomic mass is 10.0. The molecule has 0 saturated heterocycles. The molecule has 1 N–H and O–H groups in total. The predicted octanol–water partition coefficient (Wildman–Crippen LogP) is 5.68. The van der Waals surface area contributed by atoms with Crippen molar-refractivity contribution in [3.63, 3.8) is 0 Å². The van der Waals surface area contributed by atoms with Gasteiger partial charge < -0.3 is 19.7 Å². The van der Waals surface area contributed by atoms with Crippen LogP contribution in [0.15, 0.2) is 46.9 Å². The van der Waals surface area contributed by atoms with Gasteiger partial charge in [-0.2, -0.15) is 0 Å². The van der Waals surface area contributed by atoms with Gasteiger partial charge in [0.15, 0.2) is 6.61 Å². The number of nitrogens with one attached hydrogen (secondary N) is 1. The van der Waals surface area contributed by atoms with E-state index in [4.69, 9.17) is 9.47 Å². The van der Waals surface area contributed by atoms with Crippen LogP contribution in [0.3, 0.4) is 0 Å². The second-order valence-corrected chi connectivity index (χ2v) is 9.60. The molecule has 2 amide bonds. The minimum Gasteiger partial charge on any atom is -0.497 e. The highest BCUT2D eigenvalue weighted by atomic mass is 79.9. The summed E-state index contributed by atoms with van der Waals surface area (Å²) in [6.07, 6.45) is 1.31. The van der Waals surface area contributed by atoms with E-state index in [1.54, 1.807) is 12.0 Å². The number of benzene rings is 2. The van der Waals surface area contributed by atoms with Gasteiger partial charge in [-0.3, -0.25) is 9.59 Å². The molecular formula is C27H37BrN2O4. The van der Waals surface area contributed by atoms with E-state index in [1.165, 1.54) is 5.56 Å². The molecule has 2 atom stereocenters. The van der Waals surface area contributed by atoms with Gasteiger partial charge in [0.05, 0.1) is 11.6 Å². The predicted molar refractivity (Wildman–Crippen MR) is 139 cm³/mol. The standard InChI is InChI=1S/C27H37BrN2O4/c1-7-19(5)29-27(32)24(8-2)30(16-20-10-9-11-22(14-20)33-6)26(31)17-34-25-13-12-21(18(3)4)15-23(25)28/h9-15,18-19,24H,7-8,16-17H2,1-6H3,(H,29,32). The molecule has 186 valence electrons. The Hall–Kier alpha value is -2.54. The monoisotopic (exact) mass is 532 g/mol. The van der Waals surface area contributed by atoms with Gasteiger partial charge in [-0.25, -0.2) is 0 Å². The Labute approximate surface area is 212 Å². The van der Waals surface area contributed by atoms with Crippen LogP contribution in [0.1, 0.15) is 64.5 Å². The summed E-state index contributed by atoms with van der Waals surface area (Å²) < 4.78 is 12.0. The molecule has 0 fully saturated rings. The maximum absolute atomic E-state index is 13.4. The summed E-state index contributed by atoms with van der Waals surface area (Å²) in [6.45, 7) is 10.2. The Morgan fingerprint density at radius 2 is 1.79 bits per heavy atom. The quantitative estimate of drug-likeness (QED) is 0.381. The van der Waals surface area contributed by atoms with Crippen molar-refractivity contribution in [2.24, 2.45) is 0 Å². The van der Waals surface area contributed by atoms with E-state index in [1.807, 2.05) is 63.2 Å². The molecule has 2 unspecified atom stereocenters. The zero-order chi connectivity index (χ0) is 25.3. The molecule has 0 heterocycles. The number of hydrogen-bond donors (Lipinski definition) is 1. The molecule has 0 aliphatic carbocycles. The van der Waals surface area contributed by atoms with Crippen molar-refractivity contribution in [3.05, 3.63) is 58.1 Å². The van der Waals surface area contributed by atoms with Crippen LogP contribution in [0.5, 0.6) is 11.5 Å². The van der Waals surface area contributed by atoms with Crippen LogP contribution < -0.4 is 14.8 Å². The highest BCUT2D eigenvalue weighted by Crippen LogP contribution is 2.29. The third-order valence-electron chi connectivity index (χ3n) is 5.85. The first-order valence-corrected chi connectivity index (χ1v) is 12.6. The van der Waals surface area contributed by atoms with E-state index in [0.717, 1.165) is 16.5 Å². The van der Waals surface area contributed by atoms with Gasteiger partial charge in [0.2, 0.25) is 5.91 Å². The summed E-state index contributed by atoms with van der Waals surface area (Å²) in [6, 6.07) is 12.8. The molecule has 0 bridgehead atoms. The Morgan fingerprint density at radius 1 is 1.06 bits per heavy atom. The average Bonchev–Trinajstić information content (AvgIpc) is 2.82. The van der Waals surface area contributed by atoms with Crippen LogP contribution in [0.4, 0.5) is 0 Å². The van der Waals surface area contributed by atoms with Crippen LogP contribution in [0, 0.1) is 0 Å². The number of rotatable bonds is 12. The number of amides is 2. The SMILES string of the molecule is CCC(C)NC(=O)C(CC)N(Cc1cccc(OC)c1)C(=O)COc1ccc(C(C)C)cc1Br. The molecule has 0 saturated carbocycles. The third-order valence-corrected chi connectivity index (χ3v) is 6.47. The second kappa shape index (κ2) is 13.4. The molecule has 0 aliphatic heterocycles. The maximum atomic E-state index is 13.4. The number of carbonyl (C=O) groups excluding carboxylic acids is 2. The van der Waals surface area contributed by atoms with Crippen LogP contribution in [-0.2, 0) is 16.1 Å². The Morgan fingerprint density at radius 3 is 2.38 bits per heavy atom. The molecule has 6 nitrogen and oxygen atoms in total. The van der Waals surface area contributed by atoms with Crippen molar-refractivity contribution in [1.82, 2.24) is 10.2 Å². The summed E-state index contributed by atoms with van der Waals surface area (Å²) in [7, 11) is 1.60. The summed E-state index contributed by atoms with van der Waals surface area (Å²) in [4.78, 5) is 28.1. The summed E-state index contributed by atoms with van der Waals surface area (Å²) in [5.74, 6) is 1.27. The molecule has 0 aromatic heterocycles. The van der Waals surface area contributed by atoms with Crippen molar-refractivity contribution in [2.75, 3.05) is 13.7 Å². The zero-order valence-corrected chi connectivity index (χ0v) is 22.6. The Kier molecular flexibility index (Phi) is 10.9. The highest BCUT2D eigenvalue weighted by molar-refractivity contribution is 9.10. The molecule has 0 aliphatic rings. The van der Waals surface area contributed by atoms with Gasteiger partial charge in [-0.1, -0.05) is 45.9 Å². The molecule has 7 heteroatoms. The second-order valence-electron chi connectivity index (χ2n) is 8.75. The summed E-state index contributed by atoms with van der Waals surface area (Å²) in [5.41, 5.74) is 2.06. The smallest absolute Gasteiger partial charge is 0.261 e. The van der Waals surface area contributed by atoms with Gasteiger partial charge in [-0.15, -0.1) is 0 Å². The third kappa shape index (κ3) is 7.76. The van der Waals surface area contributed by atoms with E-state index < -0.39 is 6.04 Å². The molecule has 2 aromatic carbocycles. The van der Waals surface area contributed by atoms with Crippen LogP contribution in [0.2, 0.25) is 0 Å². The zero-order valence-electron chi connectivity index (χ0n) is 21.1. The molecular weight excluding hydrogens is 496 g/mol. The normalized spacial score (nSPS) is 12.7. The largest absolute Gasteiger partial charge is 0.497 e. The van der Waals surface area contributed by atoms with E-state index in [-0.39, 0.29) is 31.0 Å². The van der Waals surface area contributed by atoms with Gasteiger partial charge in [0, 0.05) is 12.6 Å². The molecule has 2 aromatic rings. The van der Waals surface area contributed by atoms with E-state index >= 15 is 0 Å². The maximum Gasteiger partial charge on any atom is 0.261 e. The van der Waals surface area contributed by atoms with E-state index in [9.17, 15) is 9.59 Å². The summed E-state index contributed by atoms with van der Waals surface area (Å²) >= 11 is 3.55. The first kappa shape index (κ1) is 27.7. The van der Waals surface area contributed by atoms with Crippen molar-refractivity contribution in [3.8, 4) is 11.5 Å². The minimum atomic E-state index is -0.608. The topological polar surface area (TPSA) is 67.9 Å². The van der Waals surface area contributed by atoms with E-state index in [0.29, 0.717) is 23.8 Å². The van der Waals surface area contributed by atoms with Crippen LogP contribution >= 0.6 is 15.9 Å². The first-order chi connectivity index (χ1) is 16.2. The van der Waals surface area contributed by atoms with E-state index in [2.05, 4.69) is 35.1 Å². The molecule has 2 rings (SSSR count). The Balaban J connectivity index is 2.26. The molecule has 0 spiro atoms. The number of methoxy groups -OCH3 is 1. The van der Waals surface area contributed by atoms with Gasteiger partial charge in [-0.05, 0) is 77.0 Å². The lowest BCUT2D eigenvalue weighted by Gasteiger charge is -2.31. The van der Waals surface area contributed by atoms with Crippen molar-refractivity contribution >= 4 is 27.7 Å². The van der Waals surface area contributed by atoms with Crippen molar-refractivity contribution < 1.29 is 19.1 Å². The average molecular weight is 534 g/mol. The van der Waals surface area contributed by atoms with Crippen molar-refractivity contribution in [2.45, 2.75) is 72.0 Å². The molecule has 0 radical (unpaired) electrons. The lowest BCUT2D eigenvalue weighted by molar-refractivity contribution is -0.143. The minimum absolute atomic E-state index is 0.0296. The Bertz CT molecular complexity index is 963. The summed E-state index contributed by atoms with van der Waals surface area (Å²) in [5, 5.41) is 3.02. The molecule has 34 heavy (non-hydrogen) atoms. The number of hydrogen-bond acceptors (Lipinski definition) is 4. The lowest BCUT2D eigenvalue weighted by Crippen LogP contribution is -2.51. The van der Waals surface area contributed by atoms with Gasteiger partial charge in [0.1, 0.15) is 17.5 Å². The number of halogens is 1. The van der Waals surface area contributed by atoms with Crippen LogP contribution in [-0.4, -0.2) is 42.5 Å². The van der Waals surface area contributed by atoms with Crippen molar-refractivity contribution in [1.29, 1.82) is 0 Å². The number of carbonyl (C=O) groups is 2. The van der Waals surface area contributed by atoms with Gasteiger partial charge in [0.25, 0.3) is 5.91 Å². The fourth-order valence-electron chi connectivity index (χ4n) is 3.54. The number of nitrogens with zero attached hydrogens (tertiary/aromatic N) is 1. The highest BCUT2D eigenvalue weighted by Gasteiger charge is 2.29. The van der Waals surface area contributed by atoms with Gasteiger partial charge >= 0.3 is 0 Å². The fourth-order valence-corrected chi connectivity index (χ4v) is 4.05. The first-order valence-electron chi connectivity index (χ1n) is 11.8. The fraction of sp³-hybridized carbons (Fsp3) is 0.481. The number of ether oxygens (including phenoxy) is 2.